The molecule has 0 spiro atoms. The number of hydrogen-bond acceptors (Lipinski definition) is 4. The van der Waals surface area contributed by atoms with Crippen molar-refractivity contribution in [3.05, 3.63) is 23.8 Å². The van der Waals surface area contributed by atoms with Crippen molar-refractivity contribution in [2.24, 2.45) is 0 Å². The maximum absolute atomic E-state index is 11.9. The van der Waals surface area contributed by atoms with Crippen molar-refractivity contribution in [2.45, 2.75) is 6.92 Å². The quantitative estimate of drug-likeness (QED) is 0.770. The van der Waals surface area contributed by atoms with Crippen LogP contribution in [0, 0.1) is 6.92 Å². The maximum atomic E-state index is 11.9. The number of benzene rings is 1. The number of anilines is 2. The van der Waals surface area contributed by atoms with Crippen LogP contribution in [0.3, 0.4) is 0 Å². The van der Waals surface area contributed by atoms with E-state index < -0.39 is 0 Å². The van der Waals surface area contributed by atoms with Crippen LogP contribution in [0.25, 0.3) is 0 Å². The number of nitrogen functional groups attached to an aromatic ring is 1. The molecule has 0 heterocycles. The molecule has 0 fully saturated rings. The Hall–Kier alpha value is -2.08. The number of likely N-dealkylation sites (N-methyl/N-ethyl adjacent to an activating group) is 2. The summed E-state index contributed by atoms with van der Waals surface area (Å²) in [5.41, 5.74) is 7.99. The molecule has 1 rings (SSSR count). The zero-order valence-corrected chi connectivity index (χ0v) is 12.4. The van der Waals surface area contributed by atoms with E-state index in [9.17, 15) is 9.59 Å². The normalized spacial score (nSPS) is 10.4. The maximum Gasteiger partial charge on any atom is 0.238 e. The Morgan fingerprint density at radius 1 is 1.20 bits per heavy atom. The molecule has 0 aliphatic carbocycles. The molecular formula is C14H22N4O2. The second-order valence-corrected chi connectivity index (χ2v) is 5.10. The first-order valence-electron chi connectivity index (χ1n) is 6.34. The summed E-state index contributed by atoms with van der Waals surface area (Å²) in [5.74, 6) is -0.246. The molecule has 0 bridgehead atoms. The second kappa shape index (κ2) is 6.91. The average molecular weight is 278 g/mol. The number of hydrogen-bond donors (Lipinski definition) is 2. The van der Waals surface area contributed by atoms with Gasteiger partial charge in [-0.15, -0.1) is 0 Å². The molecule has 20 heavy (non-hydrogen) atoms. The zero-order chi connectivity index (χ0) is 15.3. The summed E-state index contributed by atoms with van der Waals surface area (Å²) in [4.78, 5) is 26.5. The lowest BCUT2D eigenvalue weighted by Crippen LogP contribution is -2.38. The van der Waals surface area contributed by atoms with Gasteiger partial charge in [-0.05, 0) is 31.7 Å². The number of carbonyl (C=O) groups is 2. The minimum atomic E-state index is -0.199. The lowest BCUT2D eigenvalue weighted by atomic mass is 10.2. The van der Waals surface area contributed by atoms with Gasteiger partial charge in [-0.3, -0.25) is 14.5 Å². The van der Waals surface area contributed by atoms with Crippen LogP contribution in [-0.2, 0) is 9.59 Å². The summed E-state index contributed by atoms with van der Waals surface area (Å²) < 4.78 is 0. The topological polar surface area (TPSA) is 78.7 Å². The van der Waals surface area contributed by atoms with Crippen molar-refractivity contribution >= 4 is 23.2 Å². The predicted molar refractivity (Wildman–Crippen MR) is 80.4 cm³/mol. The molecule has 0 unspecified atom stereocenters. The van der Waals surface area contributed by atoms with Crippen LogP contribution in [0.4, 0.5) is 11.4 Å². The van der Waals surface area contributed by atoms with E-state index in [4.69, 9.17) is 5.73 Å². The molecule has 1 aromatic carbocycles. The third-order valence-corrected chi connectivity index (χ3v) is 2.80. The minimum absolute atomic E-state index is 0.0462. The highest BCUT2D eigenvalue weighted by atomic mass is 16.2. The van der Waals surface area contributed by atoms with E-state index in [0.29, 0.717) is 11.4 Å². The van der Waals surface area contributed by atoms with Crippen molar-refractivity contribution in [1.29, 1.82) is 0 Å². The number of carbonyl (C=O) groups excluding carboxylic acids is 2. The monoisotopic (exact) mass is 278 g/mol. The second-order valence-electron chi connectivity index (χ2n) is 5.10. The number of nitrogens with zero attached hydrogens (tertiary/aromatic N) is 2. The molecule has 0 saturated carbocycles. The van der Waals surface area contributed by atoms with Crippen LogP contribution in [0.15, 0.2) is 18.2 Å². The molecular weight excluding hydrogens is 256 g/mol. The van der Waals surface area contributed by atoms with Crippen molar-refractivity contribution in [2.75, 3.05) is 45.3 Å². The number of nitrogens with one attached hydrogen (secondary N) is 1. The van der Waals surface area contributed by atoms with Crippen LogP contribution in [0.5, 0.6) is 0 Å². The fourth-order valence-corrected chi connectivity index (χ4v) is 1.66. The molecule has 6 heteroatoms. The zero-order valence-electron chi connectivity index (χ0n) is 12.4. The third-order valence-electron chi connectivity index (χ3n) is 2.80. The highest BCUT2D eigenvalue weighted by Crippen LogP contribution is 2.19. The van der Waals surface area contributed by atoms with Gasteiger partial charge >= 0.3 is 0 Å². The molecule has 110 valence electrons. The summed E-state index contributed by atoms with van der Waals surface area (Å²) in [6, 6.07) is 5.45. The Balaban J connectivity index is 2.53. The minimum Gasteiger partial charge on any atom is -0.397 e. The lowest BCUT2D eigenvalue weighted by Gasteiger charge is -2.18. The van der Waals surface area contributed by atoms with Crippen molar-refractivity contribution in [1.82, 2.24) is 9.80 Å². The van der Waals surface area contributed by atoms with Crippen LogP contribution in [0.2, 0.25) is 0 Å². The first-order chi connectivity index (χ1) is 9.29. The van der Waals surface area contributed by atoms with Crippen LogP contribution in [0.1, 0.15) is 5.56 Å². The van der Waals surface area contributed by atoms with Gasteiger partial charge in [0, 0.05) is 14.1 Å². The summed E-state index contributed by atoms with van der Waals surface area (Å²) >= 11 is 0. The van der Waals surface area contributed by atoms with Crippen LogP contribution in [-0.4, -0.2) is 55.8 Å². The van der Waals surface area contributed by atoms with E-state index in [-0.39, 0.29) is 24.9 Å². The van der Waals surface area contributed by atoms with Crippen LogP contribution < -0.4 is 11.1 Å². The highest BCUT2D eigenvalue weighted by Gasteiger charge is 2.12. The van der Waals surface area contributed by atoms with Gasteiger partial charge in [0.25, 0.3) is 0 Å². The van der Waals surface area contributed by atoms with Gasteiger partial charge in [-0.1, -0.05) is 6.07 Å². The Morgan fingerprint density at radius 2 is 1.85 bits per heavy atom. The molecule has 0 aliphatic heterocycles. The summed E-state index contributed by atoms with van der Waals surface area (Å²) in [7, 11) is 5.09. The molecule has 0 radical (unpaired) electrons. The molecule has 6 nitrogen and oxygen atoms in total. The van der Waals surface area contributed by atoms with Gasteiger partial charge in [0.15, 0.2) is 0 Å². The average Bonchev–Trinajstić information content (AvgIpc) is 2.32. The summed E-state index contributed by atoms with van der Waals surface area (Å²) in [5, 5.41) is 2.74. The van der Waals surface area contributed by atoms with Crippen molar-refractivity contribution in [3.8, 4) is 0 Å². The van der Waals surface area contributed by atoms with E-state index in [0.717, 1.165) is 5.56 Å². The smallest absolute Gasteiger partial charge is 0.238 e. The van der Waals surface area contributed by atoms with Crippen molar-refractivity contribution < 1.29 is 9.59 Å². The Morgan fingerprint density at radius 3 is 2.40 bits per heavy atom. The lowest BCUT2D eigenvalue weighted by molar-refractivity contribution is -0.130. The predicted octanol–water partition coefficient (Wildman–Crippen LogP) is 0.536. The molecule has 0 aliphatic rings. The van der Waals surface area contributed by atoms with Gasteiger partial charge in [0.1, 0.15) is 0 Å². The first-order valence-corrected chi connectivity index (χ1v) is 6.34. The number of rotatable bonds is 5. The van der Waals surface area contributed by atoms with Gasteiger partial charge in [-0.2, -0.15) is 0 Å². The molecule has 2 amide bonds. The number of amides is 2. The van der Waals surface area contributed by atoms with Crippen LogP contribution >= 0.6 is 0 Å². The molecule has 0 saturated heterocycles. The van der Waals surface area contributed by atoms with Gasteiger partial charge < -0.3 is 16.0 Å². The SMILES string of the molecule is Cc1ccc(NC(=O)CN(C)CC(=O)N(C)C)c(N)c1. The number of nitrogens with two attached hydrogens (primary N) is 1. The highest BCUT2D eigenvalue weighted by molar-refractivity contribution is 5.95. The fourth-order valence-electron chi connectivity index (χ4n) is 1.66. The summed E-state index contributed by atoms with van der Waals surface area (Å²) in [6.07, 6.45) is 0. The third kappa shape index (κ3) is 4.89. The Bertz CT molecular complexity index is 500. The fraction of sp³-hybridized carbons (Fsp3) is 0.429. The first kappa shape index (κ1) is 16.0. The van der Waals surface area contributed by atoms with E-state index in [1.807, 2.05) is 13.0 Å². The Labute approximate surface area is 119 Å². The summed E-state index contributed by atoms with van der Waals surface area (Å²) in [6.45, 7) is 2.26. The molecule has 1 aromatic rings. The largest absolute Gasteiger partial charge is 0.397 e. The van der Waals surface area contributed by atoms with Gasteiger partial charge in [-0.25, -0.2) is 0 Å². The van der Waals surface area contributed by atoms with E-state index in [1.54, 1.807) is 38.2 Å². The molecule has 3 N–H and O–H groups in total. The van der Waals surface area contributed by atoms with E-state index >= 15 is 0 Å². The van der Waals surface area contributed by atoms with E-state index in [1.165, 1.54) is 4.90 Å². The Kier molecular flexibility index (Phi) is 5.52. The molecule has 0 aromatic heterocycles. The van der Waals surface area contributed by atoms with Crippen molar-refractivity contribution in [3.63, 3.8) is 0 Å². The number of aryl methyl sites for hydroxylation is 1. The van der Waals surface area contributed by atoms with Gasteiger partial charge in [0.2, 0.25) is 11.8 Å². The standard InChI is InChI=1S/C14H22N4O2/c1-10-5-6-12(11(15)7-10)16-13(19)8-18(4)9-14(20)17(2)3/h5-7H,8-9,15H2,1-4H3,(H,16,19). The van der Waals surface area contributed by atoms with E-state index in [2.05, 4.69) is 5.32 Å². The van der Waals surface area contributed by atoms with Gasteiger partial charge in [0.05, 0.1) is 24.5 Å². The molecule has 0 atom stereocenters.